The lowest BCUT2D eigenvalue weighted by molar-refractivity contribution is 0.286. The number of nitrogens with zero attached hydrogens (tertiary/aromatic N) is 1. The predicted octanol–water partition coefficient (Wildman–Crippen LogP) is 2.46. The molecule has 0 atom stereocenters. The number of sulfonamides is 1. The van der Waals surface area contributed by atoms with Crippen LogP contribution in [0.4, 0.5) is 0 Å². The van der Waals surface area contributed by atoms with Gasteiger partial charge in [-0.05, 0) is 35.7 Å². The fourth-order valence-electron chi connectivity index (χ4n) is 1.65. The van der Waals surface area contributed by atoms with Gasteiger partial charge in [0.25, 0.3) is 10.0 Å². The van der Waals surface area contributed by atoms with Crippen molar-refractivity contribution in [3.63, 3.8) is 0 Å². The molecular weight excluding hydrogens is 310 g/mol. The van der Waals surface area contributed by atoms with Crippen LogP contribution in [0, 0.1) is 0 Å². The summed E-state index contributed by atoms with van der Waals surface area (Å²) in [5, 5.41) is 1.74. The van der Waals surface area contributed by atoms with Gasteiger partial charge in [-0.15, -0.1) is 11.3 Å². The Labute approximate surface area is 128 Å². The first kappa shape index (κ1) is 15.8. The molecule has 21 heavy (non-hydrogen) atoms. The van der Waals surface area contributed by atoms with Crippen LogP contribution in [0.2, 0.25) is 0 Å². The number of likely N-dealkylation sites (N-methyl/N-ethyl adjacent to an activating group) is 1. The number of ether oxygens (including phenoxy) is 2. The monoisotopic (exact) mass is 327 g/mol. The van der Waals surface area contributed by atoms with Gasteiger partial charge in [0.05, 0.1) is 7.11 Å². The van der Waals surface area contributed by atoms with E-state index in [1.165, 1.54) is 15.6 Å². The van der Waals surface area contributed by atoms with Crippen LogP contribution in [0.25, 0.3) is 0 Å². The maximum Gasteiger partial charge on any atom is 0.252 e. The lowest BCUT2D eigenvalue weighted by Gasteiger charge is -2.16. The van der Waals surface area contributed by atoms with Gasteiger partial charge >= 0.3 is 0 Å². The Bertz CT molecular complexity index is 651. The van der Waals surface area contributed by atoms with E-state index in [9.17, 15) is 8.42 Å². The number of benzene rings is 1. The van der Waals surface area contributed by atoms with Gasteiger partial charge in [-0.3, -0.25) is 0 Å². The minimum atomic E-state index is -3.41. The van der Waals surface area contributed by atoms with Crippen molar-refractivity contribution in [3.8, 4) is 11.5 Å². The fraction of sp³-hybridized carbons (Fsp3) is 0.286. The molecule has 0 saturated heterocycles. The summed E-state index contributed by atoms with van der Waals surface area (Å²) in [6, 6.07) is 10.5. The summed E-state index contributed by atoms with van der Waals surface area (Å²) in [6.45, 7) is 0.569. The lowest BCUT2D eigenvalue weighted by atomic mass is 10.3. The van der Waals surface area contributed by atoms with E-state index < -0.39 is 10.0 Å². The largest absolute Gasteiger partial charge is 0.497 e. The zero-order chi connectivity index (χ0) is 15.3. The van der Waals surface area contributed by atoms with Gasteiger partial charge < -0.3 is 9.47 Å². The number of hydrogen-bond acceptors (Lipinski definition) is 5. The smallest absolute Gasteiger partial charge is 0.252 e. The van der Waals surface area contributed by atoms with Crippen molar-refractivity contribution >= 4 is 21.4 Å². The molecule has 114 valence electrons. The van der Waals surface area contributed by atoms with E-state index in [1.807, 2.05) is 0 Å². The first-order valence-corrected chi connectivity index (χ1v) is 8.62. The number of methoxy groups -OCH3 is 1. The van der Waals surface area contributed by atoms with Crippen LogP contribution in [-0.2, 0) is 10.0 Å². The summed E-state index contributed by atoms with van der Waals surface area (Å²) in [5.74, 6) is 1.43. The van der Waals surface area contributed by atoms with Gasteiger partial charge in [-0.1, -0.05) is 6.07 Å². The SMILES string of the molecule is COc1ccc(OCCN(C)S(=O)(=O)c2cccs2)cc1. The maximum atomic E-state index is 12.2. The zero-order valence-electron chi connectivity index (χ0n) is 11.9. The van der Waals surface area contributed by atoms with Crippen molar-refractivity contribution in [1.29, 1.82) is 0 Å². The van der Waals surface area contributed by atoms with Crippen LogP contribution in [0.1, 0.15) is 0 Å². The molecule has 0 spiro atoms. The molecule has 0 N–H and O–H groups in total. The first-order valence-electron chi connectivity index (χ1n) is 6.31. The van der Waals surface area contributed by atoms with E-state index in [0.717, 1.165) is 5.75 Å². The number of thiophene rings is 1. The molecule has 0 aliphatic carbocycles. The molecule has 0 fully saturated rings. The minimum absolute atomic E-state index is 0.284. The van der Waals surface area contributed by atoms with E-state index in [0.29, 0.717) is 9.96 Å². The van der Waals surface area contributed by atoms with Crippen LogP contribution in [0.5, 0.6) is 11.5 Å². The minimum Gasteiger partial charge on any atom is -0.497 e. The molecule has 1 heterocycles. The lowest BCUT2D eigenvalue weighted by Crippen LogP contribution is -2.30. The second-order valence-corrected chi connectivity index (χ2v) is 7.50. The quantitative estimate of drug-likeness (QED) is 0.784. The van der Waals surface area contributed by atoms with Gasteiger partial charge in [0.15, 0.2) is 0 Å². The summed E-state index contributed by atoms with van der Waals surface area (Å²) in [6.07, 6.45) is 0. The van der Waals surface area contributed by atoms with E-state index >= 15 is 0 Å². The molecule has 0 saturated carbocycles. The van der Waals surface area contributed by atoms with Gasteiger partial charge in [0.1, 0.15) is 22.3 Å². The number of rotatable bonds is 7. The fourth-order valence-corrected chi connectivity index (χ4v) is 4.00. The van der Waals surface area contributed by atoms with Crippen LogP contribution >= 0.6 is 11.3 Å². The Balaban J connectivity index is 1.88. The molecule has 5 nitrogen and oxygen atoms in total. The molecule has 0 aliphatic rings. The Morgan fingerprint density at radius 3 is 2.38 bits per heavy atom. The molecule has 2 rings (SSSR count). The summed E-state index contributed by atoms with van der Waals surface area (Å²) < 4.78 is 36.6. The third-order valence-electron chi connectivity index (χ3n) is 2.89. The van der Waals surface area contributed by atoms with Crippen LogP contribution in [-0.4, -0.2) is 40.0 Å². The van der Waals surface area contributed by atoms with Gasteiger partial charge in [-0.2, -0.15) is 4.31 Å². The number of hydrogen-bond donors (Lipinski definition) is 0. The standard InChI is InChI=1S/C14H17NO4S2/c1-15(21(16,17)14-4-3-11-20-14)9-10-19-13-7-5-12(18-2)6-8-13/h3-8,11H,9-10H2,1-2H3. The highest BCUT2D eigenvalue weighted by molar-refractivity contribution is 7.91. The van der Waals surface area contributed by atoms with E-state index in [2.05, 4.69) is 0 Å². The van der Waals surface area contributed by atoms with Crippen molar-refractivity contribution in [3.05, 3.63) is 41.8 Å². The Morgan fingerprint density at radius 1 is 1.14 bits per heavy atom. The zero-order valence-corrected chi connectivity index (χ0v) is 13.5. The topological polar surface area (TPSA) is 55.8 Å². The van der Waals surface area contributed by atoms with E-state index in [-0.39, 0.29) is 13.2 Å². The molecule has 0 bridgehead atoms. The van der Waals surface area contributed by atoms with E-state index in [1.54, 1.807) is 55.9 Å². The molecule has 0 amide bonds. The van der Waals surface area contributed by atoms with Crippen LogP contribution < -0.4 is 9.47 Å². The van der Waals surface area contributed by atoms with Crippen molar-refractivity contribution in [2.75, 3.05) is 27.3 Å². The molecule has 2 aromatic rings. The summed E-state index contributed by atoms with van der Waals surface area (Å²) in [4.78, 5) is 0. The van der Waals surface area contributed by atoms with Crippen molar-refractivity contribution < 1.29 is 17.9 Å². The van der Waals surface area contributed by atoms with Gasteiger partial charge in [-0.25, -0.2) is 8.42 Å². The van der Waals surface area contributed by atoms with E-state index in [4.69, 9.17) is 9.47 Å². The first-order chi connectivity index (χ1) is 10.0. The normalized spacial score (nSPS) is 11.6. The third-order valence-corrected chi connectivity index (χ3v) is 6.12. The molecule has 0 aliphatic heterocycles. The van der Waals surface area contributed by atoms with Gasteiger partial charge in [0, 0.05) is 13.6 Å². The van der Waals surface area contributed by atoms with Crippen LogP contribution in [0.3, 0.4) is 0 Å². The average Bonchev–Trinajstić information content (AvgIpc) is 3.02. The Kier molecular flexibility index (Phi) is 5.22. The second kappa shape index (κ2) is 6.93. The highest BCUT2D eigenvalue weighted by atomic mass is 32.2. The Hall–Kier alpha value is -1.57. The molecule has 1 aromatic heterocycles. The molecular formula is C14H17NO4S2. The van der Waals surface area contributed by atoms with Crippen molar-refractivity contribution in [1.82, 2.24) is 4.31 Å². The molecule has 1 aromatic carbocycles. The summed E-state index contributed by atoms with van der Waals surface area (Å²) in [5.41, 5.74) is 0. The predicted molar refractivity (Wildman–Crippen MR) is 82.6 cm³/mol. The summed E-state index contributed by atoms with van der Waals surface area (Å²) in [7, 11) is -0.263. The summed E-state index contributed by atoms with van der Waals surface area (Å²) >= 11 is 1.21. The van der Waals surface area contributed by atoms with Crippen molar-refractivity contribution in [2.45, 2.75) is 4.21 Å². The van der Waals surface area contributed by atoms with Gasteiger partial charge in [0.2, 0.25) is 0 Å². The molecule has 7 heteroatoms. The van der Waals surface area contributed by atoms with Crippen LogP contribution in [0.15, 0.2) is 46.0 Å². The molecule has 0 radical (unpaired) electrons. The highest BCUT2D eigenvalue weighted by Crippen LogP contribution is 2.20. The van der Waals surface area contributed by atoms with Crippen molar-refractivity contribution in [2.24, 2.45) is 0 Å². The highest BCUT2D eigenvalue weighted by Gasteiger charge is 2.21. The average molecular weight is 327 g/mol. The second-order valence-electron chi connectivity index (χ2n) is 4.28. The maximum absolute atomic E-state index is 12.2. The molecule has 0 unspecified atom stereocenters. The Morgan fingerprint density at radius 2 is 1.81 bits per heavy atom. The third kappa shape index (κ3) is 3.96.